The molecular formula is C21H22ClN3O4. The first-order chi connectivity index (χ1) is 13.9. The van der Waals surface area contributed by atoms with Crippen LogP contribution < -0.4 is 16.2 Å². The maximum absolute atomic E-state index is 12.9. The van der Waals surface area contributed by atoms with Crippen molar-refractivity contribution in [3.63, 3.8) is 0 Å². The molecule has 2 aromatic carbocycles. The highest BCUT2D eigenvalue weighted by atomic mass is 35.5. The van der Waals surface area contributed by atoms with Crippen LogP contribution in [0.2, 0.25) is 5.02 Å². The number of rotatable bonds is 4. The van der Waals surface area contributed by atoms with Crippen molar-refractivity contribution in [1.82, 2.24) is 9.47 Å². The van der Waals surface area contributed by atoms with Crippen LogP contribution in [-0.4, -0.2) is 35.6 Å². The van der Waals surface area contributed by atoms with Gasteiger partial charge in [0.2, 0.25) is 5.91 Å². The average Bonchev–Trinajstić information content (AvgIpc) is 3.02. The van der Waals surface area contributed by atoms with Gasteiger partial charge in [0, 0.05) is 29.9 Å². The number of piperidine rings is 1. The highest BCUT2D eigenvalue weighted by molar-refractivity contribution is 6.30. The third kappa shape index (κ3) is 3.96. The molecule has 7 nitrogen and oxygen atoms in total. The Morgan fingerprint density at radius 1 is 1.31 bits per heavy atom. The van der Waals surface area contributed by atoms with E-state index in [0.717, 1.165) is 18.4 Å². The molecule has 2 heterocycles. The maximum Gasteiger partial charge on any atom is 0.420 e. The number of anilines is 1. The topological polar surface area (TPSA) is 90.7 Å². The molecule has 0 aliphatic carbocycles. The van der Waals surface area contributed by atoms with Crippen LogP contribution in [0, 0.1) is 0 Å². The third-order valence-corrected chi connectivity index (χ3v) is 5.49. The van der Waals surface area contributed by atoms with Gasteiger partial charge >= 0.3 is 5.76 Å². The highest BCUT2D eigenvalue weighted by Gasteiger charge is 2.28. The number of carbonyl (C=O) groups is 1. The van der Waals surface area contributed by atoms with Crippen LogP contribution in [-0.2, 0) is 11.2 Å². The number of likely N-dealkylation sites (tertiary alicyclic amines) is 1. The fraction of sp³-hybridized carbons (Fsp3) is 0.333. The number of hydrogen-bond donors (Lipinski definition) is 1. The van der Waals surface area contributed by atoms with Crippen molar-refractivity contribution in [2.24, 2.45) is 0 Å². The van der Waals surface area contributed by atoms with E-state index in [-0.39, 0.29) is 18.4 Å². The summed E-state index contributed by atoms with van der Waals surface area (Å²) < 4.78 is 12.2. The number of aromatic nitrogens is 1. The molecule has 1 atom stereocenters. The summed E-state index contributed by atoms with van der Waals surface area (Å²) in [4.78, 5) is 27.1. The molecule has 1 aromatic heterocycles. The van der Waals surface area contributed by atoms with Gasteiger partial charge in [-0.25, -0.2) is 4.79 Å². The first-order valence-corrected chi connectivity index (χ1v) is 9.84. The molecule has 3 aromatic rings. The van der Waals surface area contributed by atoms with Crippen molar-refractivity contribution in [3.05, 3.63) is 57.5 Å². The molecule has 1 aliphatic rings. The summed E-state index contributed by atoms with van der Waals surface area (Å²) >= 11 is 6.11. The molecule has 2 N–H and O–H groups in total. The zero-order chi connectivity index (χ0) is 20.5. The Hall–Kier alpha value is -2.93. The number of fused-ring (bicyclic) bond motifs is 1. The van der Waals surface area contributed by atoms with Crippen LogP contribution in [0.4, 0.5) is 5.69 Å². The number of oxazole rings is 1. The van der Waals surface area contributed by atoms with Crippen molar-refractivity contribution >= 4 is 34.3 Å². The maximum atomic E-state index is 12.9. The van der Waals surface area contributed by atoms with Crippen LogP contribution in [0.5, 0.6) is 5.75 Å². The molecular weight excluding hydrogens is 394 g/mol. The molecule has 152 valence electrons. The van der Waals surface area contributed by atoms with Crippen molar-refractivity contribution in [3.8, 4) is 5.75 Å². The van der Waals surface area contributed by atoms with E-state index in [2.05, 4.69) is 0 Å². The van der Waals surface area contributed by atoms with E-state index in [1.165, 1.54) is 0 Å². The Balaban J connectivity index is 1.54. The minimum absolute atomic E-state index is 0.0101. The number of nitrogen functional groups attached to an aromatic ring is 1. The minimum atomic E-state index is -0.426. The number of benzene rings is 2. The van der Waals surface area contributed by atoms with Gasteiger partial charge in [-0.2, -0.15) is 0 Å². The van der Waals surface area contributed by atoms with Gasteiger partial charge in [-0.05, 0) is 48.7 Å². The fourth-order valence-electron chi connectivity index (χ4n) is 3.92. The predicted molar refractivity (Wildman–Crippen MR) is 111 cm³/mol. The molecule has 29 heavy (non-hydrogen) atoms. The van der Waals surface area contributed by atoms with Crippen LogP contribution in [0.1, 0.15) is 24.4 Å². The van der Waals surface area contributed by atoms with E-state index < -0.39 is 5.76 Å². The Labute approximate surface area is 172 Å². The van der Waals surface area contributed by atoms with Crippen LogP contribution >= 0.6 is 11.6 Å². The minimum Gasteiger partial charge on any atom is -0.497 e. The lowest BCUT2D eigenvalue weighted by Gasteiger charge is -2.33. The van der Waals surface area contributed by atoms with Gasteiger partial charge in [0.15, 0.2) is 5.58 Å². The van der Waals surface area contributed by atoms with Gasteiger partial charge in [0.25, 0.3) is 0 Å². The standard InChI is InChI=1S/C21H22ClN3O4/c1-28-17-8-13(7-14(22)10-17)9-20(26)24-6-2-3-16(12-24)25-18-5-4-15(23)11-19(18)29-21(25)27/h4-5,7-8,10-11,16H,2-3,6,9,12,23H2,1H3. The molecule has 8 heteroatoms. The Morgan fingerprint density at radius 3 is 2.93 bits per heavy atom. The number of nitrogens with zero attached hydrogens (tertiary/aromatic N) is 2. The van der Waals surface area contributed by atoms with Crippen LogP contribution in [0.3, 0.4) is 0 Å². The number of amides is 1. The zero-order valence-corrected chi connectivity index (χ0v) is 16.8. The molecule has 1 aliphatic heterocycles. The van der Waals surface area contributed by atoms with Crippen LogP contribution in [0.15, 0.2) is 45.6 Å². The summed E-state index contributed by atoms with van der Waals surface area (Å²) in [6, 6.07) is 10.3. The molecule has 1 amide bonds. The summed E-state index contributed by atoms with van der Waals surface area (Å²) in [6.07, 6.45) is 1.83. The SMILES string of the molecule is COc1cc(Cl)cc(CC(=O)N2CCCC(n3c(=O)oc4cc(N)ccc43)C2)c1. The smallest absolute Gasteiger partial charge is 0.420 e. The second-order valence-electron chi connectivity index (χ2n) is 7.28. The van der Waals surface area contributed by atoms with Crippen molar-refractivity contribution in [1.29, 1.82) is 0 Å². The number of carbonyl (C=O) groups excluding carboxylic acids is 1. The number of nitrogens with two attached hydrogens (primary N) is 1. The van der Waals surface area contributed by atoms with E-state index in [0.29, 0.717) is 40.6 Å². The van der Waals surface area contributed by atoms with Gasteiger partial charge in [-0.1, -0.05) is 11.6 Å². The second kappa shape index (κ2) is 7.83. The molecule has 0 saturated carbocycles. The van der Waals surface area contributed by atoms with Gasteiger partial charge in [0.05, 0.1) is 25.1 Å². The Kier molecular flexibility index (Phi) is 5.24. The first-order valence-electron chi connectivity index (χ1n) is 9.46. The van der Waals surface area contributed by atoms with E-state index in [1.807, 2.05) is 6.07 Å². The summed E-state index contributed by atoms with van der Waals surface area (Å²) in [5.74, 6) is 0.182. The van der Waals surface area contributed by atoms with Crippen LogP contribution in [0.25, 0.3) is 11.1 Å². The predicted octanol–water partition coefficient (Wildman–Crippen LogP) is 3.24. The lowest BCUT2D eigenvalue weighted by Crippen LogP contribution is -2.42. The number of ether oxygens (including phenoxy) is 1. The molecule has 0 radical (unpaired) electrons. The number of halogens is 1. The largest absolute Gasteiger partial charge is 0.497 e. The Bertz CT molecular complexity index is 1120. The summed E-state index contributed by atoms with van der Waals surface area (Å²) in [6.45, 7) is 1.11. The third-order valence-electron chi connectivity index (χ3n) is 5.27. The highest BCUT2D eigenvalue weighted by Crippen LogP contribution is 2.27. The summed E-state index contributed by atoms with van der Waals surface area (Å²) in [5.41, 5.74) is 8.28. The normalized spacial score (nSPS) is 16.9. The first kappa shape index (κ1) is 19.4. The van der Waals surface area contributed by atoms with E-state index in [1.54, 1.807) is 46.9 Å². The van der Waals surface area contributed by atoms with Gasteiger partial charge in [0.1, 0.15) is 5.75 Å². The molecule has 1 fully saturated rings. The Morgan fingerprint density at radius 2 is 2.14 bits per heavy atom. The number of methoxy groups -OCH3 is 1. The molecule has 1 saturated heterocycles. The quantitative estimate of drug-likeness (QED) is 0.660. The lowest BCUT2D eigenvalue weighted by atomic mass is 10.0. The molecule has 0 bridgehead atoms. The van der Waals surface area contributed by atoms with E-state index in [9.17, 15) is 9.59 Å². The van der Waals surface area contributed by atoms with Crippen molar-refractivity contribution in [2.45, 2.75) is 25.3 Å². The van der Waals surface area contributed by atoms with Crippen molar-refractivity contribution < 1.29 is 13.9 Å². The van der Waals surface area contributed by atoms with Gasteiger partial charge in [-0.15, -0.1) is 0 Å². The monoisotopic (exact) mass is 415 g/mol. The molecule has 4 rings (SSSR count). The second-order valence-corrected chi connectivity index (χ2v) is 7.71. The lowest BCUT2D eigenvalue weighted by molar-refractivity contribution is -0.132. The van der Waals surface area contributed by atoms with Gasteiger partial charge in [-0.3, -0.25) is 9.36 Å². The average molecular weight is 416 g/mol. The zero-order valence-electron chi connectivity index (χ0n) is 16.1. The summed E-state index contributed by atoms with van der Waals surface area (Å²) in [5, 5.41) is 0.527. The molecule has 0 spiro atoms. The van der Waals surface area contributed by atoms with Crippen molar-refractivity contribution in [2.75, 3.05) is 25.9 Å². The fourth-order valence-corrected chi connectivity index (χ4v) is 4.17. The number of hydrogen-bond acceptors (Lipinski definition) is 5. The molecule has 1 unspecified atom stereocenters. The summed E-state index contributed by atoms with van der Waals surface area (Å²) in [7, 11) is 1.56. The van der Waals surface area contributed by atoms with Gasteiger partial charge < -0.3 is 19.8 Å². The van der Waals surface area contributed by atoms with E-state index in [4.69, 9.17) is 26.5 Å². The van der Waals surface area contributed by atoms with E-state index >= 15 is 0 Å².